The Morgan fingerprint density at radius 1 is 1.40 bits per heavy atom. The van der Waals surface area contributed by atoms with Crippen molar-refractivity contribution in [3.05, 3.63) is 30.1 Å². The molecular weight excluding hydrogens is 208 g/mol. The summed E-state index contributed by atoms with van der Waals surface area (Å²) in [6, 6.07) is 4.14. The van der Waals surface area contributed by atoms with Crippen LogP contribution in [0.1, 0.15) is 18.9 Å². The molecule has 0 radical (unpaired) electrons. The number of halogens is 1. The summed E-state index contributed by atoms with van der Waals surface area (Å²) in [4.78, 5) is 6.46. The van der Waals surface area contributed by atoms with Crippen molar-refractivity contribution in [2.24, 2.45) is 5.92 Å². The van der Waals surface area contributed by atoms with Gasteiger partial charge in [-0.3, -0.25) is 9.88 Å². The minimum absolute atomic E-state index is 0.315. The SMILES string of the molecule is CC1CC(Cl)CN(Cc2ccncc2)C1. The Labute approximate surface area is 96.3 Å². The molecule has 0 aliphatic carbocycles. The lowest BCUT2D eigenvalue weighted by molar-refractivity contribution is 0.180. The van der Waals surface area contributed by atoms with Gasteiger partial charge in [-0.2, -0.15) is 0 Å². The molecule has 0 spiro atoms. The standard InChI is InChI=1S/C12H17ClN2/c1-10-6-12(13)9-15(7-10)8-11-2-4-14-5-3-11/h2-5,10,12H,6-9H2,1H3. The van der Waals surface area contributed by atoms with Crippen LogP contribution < -0.4 is 0 Å². The number of hydrogen-bond acceptors (Lipinski definition) is 2. The molecular formula is C12H17ClN2. The number of nitrogens with zero attached hydrogens (tertiary/aromatic N) is 2. The van der Waals surface area contributed by atoms with Crippen LogP contribution >= 0.6 is 11.6 Å². The smallest absolute Gasteiger partial charge is 0.0466 e. The molecule has 1 fully saturated rings. The number of alkyl halides is 1. The Kier molecular flexibility index (Phi) is 3.60. The van der Waals surface area contributed by atoms with Crippen LogP contribution in [0.5, 0.6) is 0 Å². The minimum atomic E-state index is 0.315. The van der Waals surface area contributed by atoms with Crippen molar-refractivity contribution in [3.8, 4) is 0 Å². The largest absolute Gasteiger partial charge is 0.297 e. The van der Waals surface area contributed by atoms with Crippen molar-refractivity contribution in [1.29, 1.82) is 0 Å². The molecule has 1 aliphatic heterocycles. The summed E-state index contributed by atoms with van der Waals surface area (Å²) in [5.41, 5.74) is 1.32. The molecule has 82 valence electrons. The highest BCUT2D eigenvalue weighted by molar-refractivity contribution is 6.20. The molecule has 2 nitrogen and oxygen atoms in total. The van der Waals surface area contributed by atoms with Gasteiger partial charge in [0.05, 0.1) is 0 Å². The predicted octanol–water partition coefficient (Wildman–Crippen LogP) is 2.53. The average Bonchev–Trinajstić information content (AvgIpc) is 2.17. The van der Waals surface area contributed by atoms with E-state index in [4.69, 9.17) is 11.6 Å². The highest BCUT2D eigenvalue weighted by atomic mass is 35.5. The third-order valence-corrected chi connectivity index (χ3v) is 3.16. The van der Waals surface area contributed by atoms with E-state index in [-0.39, 0.29) is 0 Å². The number of aromatic nitrogens is 1. The highest BCUT2D eigenvalue weighted by Gasteiger charge is 2.22. The van der Waals surface area contributed by atoms with Crippen molar-refractivity contribution in [1.82, 2.24) is 9.88 Å². The molecule has 0 amide bonds. The maximum Gasteiger partial charge on any atom is 0.0466 e. The lowest BCUT2D eigenvalue weighted by Gasteiger charge is -2.33. The van der Waals surface area contributed by atoms with E-state index in [1.54, 1.807) is 0 Å². The minimum Gasteiger partial charge on any atom is -0.297 e. The molecule has 15 heavy (non-hydrogen) atoms. The molecule has 1 aromatic heterocycles. The average molecular weight is 225 g/mol. The summed E-state index contributed by atoms with van der Waals surface area (Å²) in [6.45, 7) is 5.43. The molecule has 0 saturated carbocycles. The van der Waals surface area contributed by atoms with Crippen LogP contribution in [0.15, 0.2) is 24.5 Å². The first-order valence-corrected chi connectivity index (χ1v) is 5.93. The first kappa shape index (κ1) is 10.9. The fourth-order valence-electron chi connectivity index (χ4n) is 2.26. The quantitative estimate of drug-likeness (QED) is 0.718. The van der Waals surface area contributed by atoms with E-state index in [1.807, 2.05) is 12.4 Å². The molecule has 0 aromatic carbocycles. The first-order chi connectivity index (χ1) is 7.24. The number of pyridine rings is 1. The second-order valence-electron chi connectivity index (χ2n) is 4.49. The van der Waals surface area contributed by atoms with Crippen molar-refractivity contribution in [3.63, 3.8) is 0 Å². The first-order valence-electron chi connectivity index (χ1n) is 5.49. The third-order valence-electron chi connectivity index (χ3n) is 2.84. The van der Waals surface area contributed by atoms with Crippen molar-refractivity contribution >= 4 is 11.6 Å². The fraction of sp³-hybridized carbons (Fsp3) is 0.583. The molecule has 3 heteroatoms. The maximum atomic E-state index is 6.22. The normalized spacial score (nSPS) is 27.9. The Morgan fingerprint density at radius 2 is 2.13 bits per heavy atom. The Hall–Kier alpha value is -0.600. The summed E-state index contributed by atoms with van der Waals surface area (Å²) in [7, 11) is 0. The summed E-state index contributed by atoms with van der Waals surface area (Å²) in [5.74, 6) is 0.711. The van der Waals surface area contributed by atoms with Crippen LogP contribution in [0, 0.1) is 5.92 Å². The second-order valence-corrected chi connectivity index (χ2v) is 5.10. The summed E-state index contributed by atoms with van der Waals surface area (Å²) in [5, 5.41) is 0.315. The van der Waals surface area contributed by atoms with Crippen LogP contribution in [0.2, 0.25) is 0 Å². The summed E-state index contributed by atoms with van der Waals surface area (Å²) < 4.78 is 0. The van der Waals surface area contributed by atoms with Gasteiger partial charge in [0.2, 0.25) is 0 Å². The zero-order valence-electron chi connectivity index (χ0n) is 9.06. The second kappa shape index (κ2) is 4.95. The monoisotopic (exact) mass is 224 g/mol. The van der Waals surface area contributed by atoms with E-state index in [1.165, 1.54) is 5.56 Å². The molecule has 0 N–H and O–H groups in total. The van der Waals surface area contributed by atoms with Crippen LogP contribution in [-0.2, 0) is 6.54 Å². The van der Waals surface area contributed by atoms with Gasteiger partial charge in [0, 0.05) is 37.4 Å². The van der Waals surface area contributed by atoms with E-state index in [9.17, 15) is 0 Å². The molecule has 2 heterocycles. The van der Waals surface area contributed by atoms with Crippen LogP contribution in [0.3, 0.4) is 0 Å². The van der Waals surface area contributed by atoms with Crippen molar-refractivity contribution < 1.29 is 0 Å². The van der Waals surface area contributed by atoms with Crippen LogP contribution in [0.4, 0.5) is 0 Å². The number of likely N-dealkylation sites (tertiary alicyclic amines) is 1. The molecule has 2 rings (SSSR count). The number of piperidine rings is 1. The predicted molar refractivity (Wildman–Crippen MR) is 62.9 cm³/mol. The lowest BCUT2D eigenvalue weighted by Crippen LogP contribution is -2.39. The number of rotatable bonds is 2. The van der Waals surface area contributed by atoms with Gasteiger partial charge in [-0.15, -0.1) is 11.6 Å². The highest BCUT2D eigenvalue weighted by Crippen LogP contribution is 2.21. The van der Waals surface area contributed by atoms with Gasteiger partial charge in [0.1, 0.15) is 0 Å². The van der Waals surface area contributed by atoms with Gasteiger partial charge in [-0.25, -0.2) is 0 Å². The maximum absolute atomic E-state index is 6.22. The van der Waals surface area contributed by atoms with E-state index < -0.39 is 0 Å². The summed E-state index contributed by atoms with van der Waals surface area (Å²) >= 11 is 6.22. The van der Waals surface area contributed by atoms with E-state index in [0.717, 1.165) is 26.1 Å². The summed E-state index contributed by atoms with van der Waals surface area (Å²) in [6.07, 6.45) is 4.84. The zero-order chi connectivity index (χ0) is 10.7. The third kappa shape index (κ3) is 3.18. The Morgan fingerprint density at radius 3 is 2.80 bits per heavy atom. The molecule has 2 atom stereocenters. The topological polar surface area (TPSA) is 16.1 Å². The van der Waals surface area contributed by atoms with Crippen molar-refractivity contribution in [2.45, 2.75) is 25.3 Å². The molecule has 2 unspecified atom stereocenters. The Bertz CT molecular complexity index is 292. The van der Waals surface area contributed by atoms with Gasteiger partial charge in [0.15, 0.2) is 0 Å². The van der Waals surface area contributed by atoms with Crippen molar-refractivity contribution in [2.75, 3.05) is 13.1 Å². The van der Waals surface area contributed by atoms with Gasteiger partial charge < -0.3 is 0 Å². The molecule has 1 aliphatic rings. The van der Waals surface area contributed by atoms with Crippen LogP contribution in [0.25, 0.3) is 0 Å². The van der Waals surface area contributed by atoms with Crippen LogP contribution in [-0.4, -0.2) is 28.4 Å². The van der Waals surface area contributed by atoms with E-state index >= 15 is 0 Å². The fourth-order valence-corrected chi connectivity index (χ4v) is 2.76. The van der Waals surface area contributed by atoms with Gasteiger partial charge in [-0.1, -0.05) is 6.92 Å². The van der Waals surface area contributed by atoms with E-state index in [2.05, 4.69) is 28.9 Å². The van der Waals surface area contributed by atoms with Gasteiger partial charge >= 0.3 is 0 Å². The zero-order valence-corrected chi connectivity index (χ0v) is 9.82. The van der Waals surface area contributed by atoms with Gasteiger partial charge in [0.25, 0.3) is 0 Å². The van der Waals surface area contributed by atoms with Gasteiger partial charge in [-0.05, 0) is 30.0 Å². The molecule has 0 bridgehead atoms. The molecule has 1 saturated heterocycles. The number of hydrogen-bond donors (Lipinski definition) is 0. The lowest BCUT2D eigenvalue weighted by atomic mass is 9.99. The molecule has 1 aromatic rings. The Balaban J connectivity index is 1.94. The van der Waals surface area contributed by atoms with E-state index in [0.29, 0.717) is 11.3 Å².